The predicted molar refractivity (Wildman–Crippen MR) is 127 cm³/mol. The van der Waals surface area contributed by atoms with Crippen LogP contribution in [0.2, 0.25) is 0 Å². The zero-order chi connectivity index (χ0) is 21.9. The van der Waals surface area contributed by atoms with Crippen LogP contribution in [0.4, 0.5) is 0 Å². The molecule has 6 heteroatoms. The van der Waals surface area contributed by atoms with Crippen molar-refractivity contribution in [2.24, 2.45) is 10.9 Å². The molecular formula is C25H36N4O2. The molecule has 1 aliphatic rings. The lowest BCUT2D eigenvalue weighted by atomic mass is 10.1. The molecule has 1 fully saturated rings. The topological polar surface area (TPSA) is 58.1 Å². The molecule has 1 aliphatic heterocycles. The molecule has 0 bridgehead atoms. The molecule has 0 spiro atoms. The summed E-state index contributed by atoms with van der Waals surface area (Å²) < 4.78 is 10.7. The summed E-state index contributed by atoms with van der Waals surface area (Å²) in [6.45, 7) is 5.24. The summed E-state index contributed by atoms with van der Waals surface area (Å²) in [6, 6.07) is 16.8. The van der Waals surface area contributed by atoms with Gasteiger partial charge in [-0.2, -0.15) is 0 Å². The summed E-state index contributed by atoms with van der Waals surface area (Å²) in [5, 5.41) is 6.92. The molecular weight excluding hydrogens is 388 g/mol. The third-order valence-corrected chi connectivity index (χ3v) is 5.87. The molecule has 168 valence electrons. The monoisotopic (exact) mass is 424 g/mol. The van der Waals surface area contributed by atoms with Gasteiger partial charge in [0.2, 0.25) is 0 Å². The van der Waals surface area contributed by atoms with Crippen LogP contribution in [0.5, 0.6) is 11.5 Å². The molecule has 3 rings (SSSR count). The fourth-order valence-electron chi connectivity index (χ4n) is 4.04. The molecule has 2 aromatic rings. The maximum absolute atomic E-state index is 5.39. The minimum absolute atomic E-state index is 0.667. The molecule has 0 amide bonds. The summed E-state index contributed by atoms with van der Waals surface area (Å²) in [5.41, 5.74) is 2.62. The highest BCUT2D eigenvalue weighted by Crippen LogP contribution is 2.27. The zero-order valence-corrected chi connectivity index (χ0v) is 19.1. The van der Waals surface area contributed by atoms with E-state index in [1.54, 1.807) is 14.2 Å². The Bertz CT molecular complexity index is 826. The molecule has 0 radical (unpaired) electrons. The second-order valence-electron chi connectivity index (χ2n) is 8.01. The van der Waals surface area contributed by atoms with Crippen LogP contribution in [0.15, 0.2) is 53.5 Å². The third kappa shape index (κ3) is 7.17. The summed E-state index contributed by atoms with van der Waals surface area (Å²) in [4.78, 5) is 6.95. The van der Waals surface area contributed by atoms with Gasteiger partial charge in [-0.1, -0.05) is 36.4 Å². The van der Waals surface area contributed by atoms with Crippen molar-refractivity contribution < 1.29 is 9.47 Å². The van der Waals surface area contributed by atoms with Crippen molar-refractivity contribution >= 4 is 5.96 Å². The number of aliphatic imine (C=N–C) groups is 1. The van der Waals surface area contributed by atoms with E-state index in [2.05, 4.69) is 56.9 Å². The Morgan fingerprint density at radius 2 is 1.81 bits per heavy atom. The van der Waals surface area contributed by atoms with Crippen LogP contribution >= 0.6 is 0 Å². The van der Waals surface area contributed by atoms with Crippen molar-refractivity contribution in [3.05, 3.63) is 59.7 Å². The number of rotatable bonds is 10. The normalized spacial score (nSPS) is 16.9. The lowest BCUT2D eigenvalue weighted by Gasteiger charge is -2.18. The van der Waals surface area contributed by atoms with Gasteiger partial charge in [0.1, 0.15) is 0 Å². The summed E-state index contributed by atoms with van der Waals surface area (Å²) in [5.74, 6) is 3.05. The molecule has 31 heavy (non-hydrogen) atoms. The van der Waals surface area contributed by atoms with E-state index in [1.165, 1.54) is 24.1 Å². The van der Waals surface area contributed by atoms with Crippen LogP contribution in [0.3, 0.4) is 0 Å². The highest BCUT2D eigenvalue weighted by molar-refractivity contribution is 5.79. The highest BCUT2D eigenvalue weighted by atomic mass is 16.5. The molecule has 6 nitrogen and oxygen atoms in total. The fourth-order valence-corrected chi connectivity index (χ4v) is 4.04. The molecule has 2 N–H and O–H groups in total. The average molecular weight is 425 g/mol. The second kappa shape index (κ2) is 12.2. The Morgan fingerprint density at radius 3 is 2.55 bits per heavy atom. The molecule has 0 aliphatic carbocycles. The third-order valence-electron chi connectivity index (χ3n) is 5.87. The number of nitrogens with one attached hydrogen (secondary N) is 2. The van der Waals surface area contributed by atoms with Gasteiger partial charge < -0.3 is 25.0 Å². The Labute approximate surface area is 186 Å². The number of benzene rings is 2. The lowest BCUT2D eigenvalue weighted by Crippen LogP contribution is -2.41. The van der Waals surface area contributed by atoms with Gasteiger partial charge in [-0.15, -0.1) is 0 Å². The minimum Gasteiger partial charge on any atom is -0.493 e. The van der Waals surface area contributed by atoms with Crippen LogP contribution in [-0.4, -0.2) is 64.9 Å². The first-order valence-electron chi connectivity index (χ1n) is 11.1. The van der Waals surface area contributed by atoms with E-state index in [4.69, 9.17) is 9.47 Å². The molecule has 0 aromatic heterocycles. The lowest BCUT2D eigenvalue weighted by molar-refractivity contribution is 0.328. The molecule has 1 unspecified atom stereocenters. The quantitative estimate of drug-likeness (QED) is 0.454. The van der Waals surface area contributed by atoms with Crippen molar-refractivity contribution in [1.82, 2.24) is 15.5 Å². The maximum atomic E-state index is 5.39. The zero-order valence-electron chi connectivity index (χ0n) is 19.1. The first kappa shape index (κ1) is 22.9. The van der Waals surface area contributed by atoms with E-state index in [1.807, 2.05) is 19.2 Å². The first-order valence-corrected chi connectivity index (χ1v) is 11.1. The Morgan fingerprint density at radius 1 is 1.00 bits per heavy atom. The summed E-state index contributed by atoms with van der Waals surface area (Å²) in [6.07, 6.45) is 3.25. The fraction of sp³-hybridized carbons (Fsp3) is 0.480. The largest absolute Gasteiger partial charge is 0.493 e. The van der Waals surface area contributed by atoms with Crippen LogP contribution in [0.1, 0.15) is 17.5 Å². The Kier molecular flexibility index (Phi) is 9.03. The number of likely N-dealkylation sites (tertiary alicyclic amines) is 1. The van der Waals surface area contributed by atoms with Gasteiger partial charge in [0.05, 0.1) is 14.2 Å². The van der Waals surface area contributed by atoms with E-state index in [-0.39, 0.29) is 0 Å². The average Bonchev–Trinajstić information content (AvgIpc) is 3.28. The van der Waals surface area contributed by atoms with Crippen LogP contribution in [0, 0.1) is 5.92 Å². The summed E-state index contributed by atoms with van der Waals surface area (Å²) >= 11 is 0. The van der Waals surface area contributed by atoms with Crippen LogP contribution in [0.25, 0.3) is 0 Å². The molecule has 2 aromatic carbocycles. The number of nitrogens with zero attached hydrogens (tertiary/aromatic N) is 2. The molecule has 1 saturated heterocycles. The highest BCUT2D eigenvalue weighted by Gasteiger charge is 2.22. The van der Waals surface area contributed by atoms with E-state index in [0.29, 0.717) is 5.92 Å². The van der Waals surface area contributed by atoms with Gasteiger partial charge in [0.25, 0.3) is 0 Å². The Balaban J connectivity index is 1.35. The Hall–Kier alpha value is -2.73. The van der Waals surface area contributed by atoms with Gasteiger partial charge in [-0.25, -0.2) is 0 Å². The van der Waals surface area contributed by atoms with E-state index in [0.717, 1.165) is 56.5 Å². The number of methoxy groups -OCH3 is 2. The van der Waals surface area contributed by atoms with Crippen molar-refractivity contribution in [1.29, 1.82) is 0 Å². The molecule has 0 saturated carbocycles. The van der Waals surface area contributed by atoms with E-state index < -0.39 is 0 Å². The number of guanidine groups is 1. The summed E-state index contributed by atoms with van der Waals surface area (Å²) in [7, 11) is 5.14. The molecule has 1 atom stereocenters. The van der Waals surface area contributed by atoms with E-state index >= 15 is 0 Å². The molecule has 1 heterocycles. The van der Waals surface area contributed by atoms with Crippen LogP contribution < -0.4 is 20.1 Å². The maximum Gasteiger partial charge on any atom is 0.190 e. The van der Waals surface area contributed by atoms with Gasteiger partial charge in [0.15, 0.2) is 17.5 Å². The number of hydrogen-bond acceptors (Lipinski definition) is 4. The smallest absolute Gasteiger partial charge is 0.190 e. The van der Waals surface area contributed by atoms with Gasteiger partial charge in [-0.3, -0.25) is 4.99 Å². The van der Waals surface area contributed by atoms with Crippen molar-refractivity contribution in [3.63, 3.8) is 0 Å². The SMILES string of the molecule is CN=C(NCCc1ccc(OC)c(OC)c1)NCC1CCN(CCc2ccccc2)C1. The minimum atomic E-state index is 0.667. The van der Waals surface area contributed by atoms with Crippen LogP contribution in [-0.2, 0) is 12.8 Å². The first-order chi connectivity index (χ1) is 15.2. The van der Waals surface area contributed by atoms with Gasteiger partial charge in [-0.05, 0) is 55.0 Å². The standard InChI is InChI=1S/C25H36N4O2/c1-26-25(27-14-11-21-9-10-23(30-2)24(17-21)31-3)28-18-22-13-16-29(19-22)15-12-20-7-5-4-6-8-20/h4-10,17,22H,11-16,18-19H2,1-3H3,(H2,26,27,28). The number of ether oxygens (including phenoxy) is 2. The van der Waals surface area contributed by atoms with Crippen molar-refractivity contribution in [3.8, 4) is 11.5 Å². The van der Waals surface area contributed by atoms with Crippen molar-refractivity contribution in [2.75, 3.05) is 54.0 Å². The van der Waals surface area contributed by atoms with Gasteiger partial charge in [0, 0.05) is 33.2 Å². The second-order valence-corrected chi connectivity index (χ2v) is 8.01. The predicted octanol–water partition coefficient (Wildman–Crippen LogP) is 2.98. The van der Waals surface area contributed by atoms with Crippen molar-refractivity contribution in [2.45, 2.75) is 19.3 Å². The van der Waals surface area contributed by atoms with Gasteiger partial charge >= 0.3 is 0 Å². The van der Waals surface area contributed by atoms with E-state index in [9.17, 15) is 0 Å². The number of hydrogen-bond donors (Lipinski definition) is 2.